The van der Waals surface area contributed by atoms with Crippen molar-refractivity contribution in [2.45, 2.75) is 58.5 Å². The van der Waals surface area contributed by atoms with Gasteiger partial charge in [-0.25, -0.2) is 0 Å². The largest absolute Gasteiger partial charge is 0.508 e. The number of aromatic hydroxyl groups is 1. The highest BCUT2D eigenvalue weighted by atomic mass is 16.5. The highest BCUT2D eigenvalue weighted by Gasteiger charge is 2.18. The second kappa shape index (κ2) is 7.36. The van der Waals surface area contributed by atoms with Crippen LogP contribution < -0.4 is 10.6 Å². The number of hydrogen-bond acceptors (Lipinski definition) is 7. The van der Waals surface area contributed by atoms with Crippen LogP contribution in [0.25, 0.3) is 0 Å². The van der Waals surface area contributed by atoms with Crippen LogP contribution in [-0.2, 0) is 19.5 Å². The molecule has 0 heterocycles. The number of nitrogens with one attached hydrogen (secondary N) is 2. The molecular weight excluding hydrogens is 288 g/mol. The molecule has 0 aliphatic heterocycles. The molecule has 126 valence electrons. The molecule has 1 rings (SSSR count). The van der Waals surface area contributed by atoms with Gasteiger partial charge in [-0.15, -0.1) is 0 Å². The monoisotopic (exact) mass is 314 g/mol. The molecule has 1 aromatic carbocycles. The van der Waals surface area contributed by atoms with Crippen molar-refractivity contribution in [2.24, 2.45) is 0 Å². The predicted octanol–water partition coefficient (Wildman–Crippen LogP) is -0.159. The van der Waals surface area contributed by atoms with Gasteiger partial charge in [0.25, 0.3) is 0 Å². The Hall–Kier alpha value is -1.22. The average Bonchev–Trinajstić information content (AvgIpc) is 2.35. The maximum atomic E-state index is 9.84. The first-order valence-electron chi connectivity index (χ1n) is 7.25. The van der Waals surface area contributed by atoms with E-state index in [1.165, 1.54) is 13.8 Å². The van der Waals surface area contributed by atoms with Crippen LogP contribution in [0.5, 0.6) is 5.75 Å². The fourth-order valence-corrected chi connectivity index (χ4v) is 2.19. The predicted molar refractivity (Wildman–Crippen MR) is 81.5 cm³/mol. The summed E-state index contributed by atoms with van der Waals surface area (Å²) in [6.07, 6.45) is 1.57. The van der Waals surface area contributed by atoms with Gasteiger partial charge in [0.15, 0.2) is 0 Å². The van der Waals surface area contributed by atoms with E-state index in [1.807, 2.05) is 6.92 Å². The summed E-state index contributed by atoms with van der Waals surface area (Å²) in [7, 11) is 0. The maximum Gasteiger partial charge on any atom is 0.219 e. The van der Waals surface area contributed by atoms with Crippen LogP contribution in [-0.4, -0.2) is 37.4 Å². The van der Waals surface area contributed by atoms with E-state index in [0.29, 0.717) is 0 Å². The summed E-state index contributed by atoms with van der Waals surface area (Å²) in [6, 6.07) is 3.12. The standard InChI is InChI=1S/C15H26N2O5/c1-4-5-13-10(8-16-14(2,19)20)6-12(18)7-11(13)9-17-15(3,21)22/h6-7,16-22H,4-5,8-9H2,1-3H3. The Bertz CT molecular complexity index is 453. The SMILES string of the molecule is CCCc1c(CNC(C)(O)O)cc(O)cc1CNC(C)(O)O. The lowest BCUT2D eigenvalue weighted by molar-refractivity contribution is -0.171. The summed E-state index contributed by atoms with van der Waals surface area (Å²) in [5.74, 6) is -3.99. The van der Waals surface area contributed by atoms with Gasteiger partial charge in [0, 0.05) is 26.9 Å². The highest BCUT2D eigenvalue weighted by Crippen LogP contribution is 2.24. The number of benzene rings is 1. The van der Waals surface area contributed by atoms with E-state index in [0.717, 1.165) is 29.5 Å². The molecule has 0 aliphatic carbocycles. The molecule has 0 spiro atoms. The minimum absolute atomic E-state index is 0.0311. The van der Waals surface area contributed by atoms with E-state index in [1.54, 1.807) is 12.1 Å². The van der Waals surface area contributed by atoms with Crippen molar-refractivity contribution in [2.75, 3.05) is 0 Å². The zero-order chi connectivity index (χ0) is 17.0. The van der Waals surface area contributed by atoms with Gasteiger partial charge in [-0.2, -0.15) is 0 Å². The Kier molecular flexibility index (Phi) is 6.30. The molecule has 0 atom stereocenters. The third-order valence-corrected chi connectivity index (χ3v) is 3.15. The van der Waals surface area contributed by atoms with Crippen molar-refractivity contribution in [3.05, 3.63) is 28.8 Å². The zero-order valence-electron chi connectivity index (χ0n) is 13.2. The van der Waals surface area contributed by atoms with Crippen molar-refractivity contribution in [1.29, 1.82) is 0 Å². The molecule has 1 aromatic rings. The van der Waals surface area contributed by atoms with E-state index in [9.17, 15) is 25.5 Å². The van der Waals surface area contributed by atoms with Gasteiger partial charge in [-0.05, 0) is 35.2 Å². The molecule has 0 saturated heterocycles. The lowest BCUT2D eigenvalue weighted by Crippen LogP contribution is -2.42. The molecule has 22 heavy (non-hydrogen) atoms. The van der Waals surface area contributed by atoms with E-state index in [4.69, 9.17) is 0 Å². The normalized spacial score (nSPS) is 12.7. The van der Waals surface area contributed by atoms with Crippen molar-refractivity contribution in [3.63, 3.8) is 0 Å². The second-order valence-electron chi connectivity index (χ2n) is 5.74. The van der Waals surface area contributed by atoms with E-state index < -0.39 is 11.8 Å². The van der Waals surface area contributed by atoms with Gasteiger partial charge in [0.05, 0.1) is 0 Å². The number of rotatable bonds is 8. The summed E-state index contributed by atoms with van der Waals surface area (Å²) in [4.78, 5) is 0. The van der Waals surface area contributed by atoms with Gasteiger partial charge in [0.1, 0.15) is 5.75 Å². The quantitative estimate of drug-likeness (QED) is 0.332. The molecule has 7 nitrogen and oxygen atoms in total. The third kappa shape index (κ3) is 6.69. The summed E-state index contributed by atoms with van der Waals surface area (Å²) >= 11 is 0. The smallest absolute Gasteiger partial charge is 0.219 e. The maximum absolute atomic E-state index is 9.84. The molecule has 0 radical (unpaired) electrons. The van der Waals surface area contributed by atoms with Crippen molar-refractivity contribution in [1.82, 2.24) is 10.6 Å². The Morgan fingerprint density at radius 2 is 1.32 bits per heavy atom. The first-order valence-corrected chi connectivity index (χ1v) is 7.25. The highest BCUT2D eigenvalue weighted by molar-refractivity contribution is 5.42. The van der Waals surface area contributed by atoms with Gasteiger partial charge in [0.2, 0.25) is 11.8 Å². The van der Waals surface area contributed by atoms with E-state index in [-0.39, 0.29) is 18.8 Å². The lowest BCUT2D eigenvalue weighted by atomic mass is 9.96. The van der Waals surface area contributed by atoms with Crippen molar-refractivity contribution < 1.29 is 25.5 Å². The molecule has 7 heteroatoms. The molecule has 0 aromatic heterocycles. The molecule has 0 fully saturated rings. The van der Waals surface area contributed by atoms with E-state index >= 15 is 0 Å². The molecule has 0 bridgehead atoms. The van der Waals surface area contributed by atoms with Crippen LogP contribution in [0.2, 0.25) is 0 Å². The van der Waals surface area contributed by atoms with Crippen LogP contribution in [0.3, 0.4) is 0 Å². The fourth-order valence-electron chi connectivity index (χ4n) is 2.19. The van der Waals surface area contributed by atoms with Gasteiger partial charge >= 0.3 is 0 Å². The number of phenols is 1. The first kappa shape index (κ1) is 18.8. The summed E-state index contributed by atoms with van der Waals surface area (Å²) in [5, 5.41) is 52.3. The Morgan fingerprint density at radius 3 is 1.64 bits per heavy atom. The van der Waals surface area contributed by atoms with Crippen LogP contribution in [0, 0.1) is 0 Å². The third-order valence-electron chi connectivity index (χ3n) is 3.15. The summed E-state index contributed by atoms with van der Waals surface area (Å²) in [6.45, 7) is 4.75. The minimum atomic E-state index is -2.01. The molecule has 0 saturated carbocycles. The summed E-state index contributed by atoms with van der Waals surface area (Å²) < 4.78 is 0. The zero-order valence-corrected chi connectivity index (χ0v) is 13.2. The van der Waals surface area contributed by atoms with Gasteiger partial charge < -0.3 is 25.5 Å². The fraction of sp³-hybridized carbons (Fsp3) is 0.600. The molecule has 0 amide bonds. The molecule has 7 N–H and O–H groups in total. The summed E-state index contributed by atoms with van der Waals surface area (Å²) in [5.41, 5.74) is 2.38. The average molecular weight is 314 g/mol. The van der Waals surface area contributed by atoms with Crippen molar-refractivity contribution in [3.8, 4) is 5.75 Å². The second-order valence-corrected chi connectivity index (χ2v) is 5.74. The lowest BCUT2D eigenvalue weighted by Gasteiger charge is -2.22. The molecular formula is C15H26N2O5. The first-order chi connectivity index (χ1) is 10.0. The van der Waals surface area contributed by atoms with Crippen LogP contribution in [0.1, 0.15) is 43.9 Å². The number of phenolic OH excluding ortho intramolecular Hbond substituents is 1. The molecule has 0 aliphatic rings. The molecule has 0 unspecified atom stereocenters. The van der Waals surface area contributed by atoms with Crippen LogP contribution in [0.15, 0.2) is 12.1 Å². The topological polar surface area (TPSA) is 125 Å². The Morgan fingerprint density at radius 1 is 0.909 bits per heavy atom. The number of hydrogen-bond donors (Lipinski definition) is 7. The van der Waals surface area contributed by atoms with Gasteiger partial charge in [-0.3, -0.25) is 10.6 Å². The van der Waals surface area contributed by atoms with Crippen LogP contribution in [0.4, 0.5) is 0 Å². The van der Waals surface area contributed by atoms with E-state index in [2.05, 4.69) is 10.6 Å². The van der Waals surface area contributed by atoms with Crippen molar-refractivity contribution >= 4 is 0 Å². The van der Waals surface area contributed by atoms with Crippen LogP contribution >= 0.6 is 0 Å². The Balaban J connectivity index is 3.06. The number of aliphatic hydroxyl groups is 4. The van der Waals surface area contributed by atoms with Gasteiger partial charge in [-0.1, -0.05) is 13.3 Å². The minimum Gasteiger partial charge on any atom is -0.508 e. The Labute approximate surface area is 130 Å².